The number of ether oxygens (including phenoxy) is 4. The van der Waals surface area contributed by atoms with Gasteiger partial charge in [0.1, 0.15) is 0 Å². The van der Waals surface area contributed by atoms with E-state index in [1.54, 1.807) is 25.7 Å². The van der Waals surface area contributed by atoms with Crippen LogP contribution in [0, 0.1) is 59.2 Å². The predicted molar refractivity (Wildman–Crippen MR) is 508 cm³/mol. The molecule has 36 rings (SSSR count). The van der Waals surface area contributed by atoms with Gasteiger partial charge in [0.25, 0.3) is 0 Å². The van der Waals surface area contributed by atoms with Crippen molar-refractivity contribution in [2.45, 2.75) is 499 Å². The van der Waals surface area contributed by atoms with Crippen molar-refractivity contribution >= 4 is 11.8 Å². The molecule has 32 bridgehead atoms. The number of piperidine rings is 9. The summed E-state index contributed by atoms with van der Waals surface area (Å²) in [7, 11) is 0. The molecule has 25 saturated heterocycles. The molecule has 26 aliphatic heterocycles. The molecule has 20 unspecified atom stereocenters. The molecular weight excluding hydrogens is 1530 g/mol. The van der Waals surface area contributed by atoms with Crippen LogP contribution in [0.15, 0.2) is 12.2 Å². The molecule has 698 valence electrons. The van der Waals surface area contributed by atoms with Crippen molar-refractivity contribution in [1.29, 1.82) is 0 Å². The van der Waals surface area contributed by atoms with Crippen molar-refractivity contribution in [3.63, 3.8) is 0 Å². The van der Waals surface area contributed by atoms with Gasteiger partial charge in [-0.25, -0.2) is 0 Å². The maximum atomic E-state index is 5.60. The third-order valence-electron chi connectivity index (χ3n) is 36.5. The molecule has 0 aromatic heterocycles. The van der Waals surface area contributed by atoms with E-state index in [1.807, 2.05) is 0 Å². The van der Waals surface area contributed by atoms with E-state index in [1.165, 1.54) is 417 Å². The molecule has 10 saturated carbocycles. The number of nitrogens with one attached hydrogen (secondary N) is 11. The van der Waals surface area contributed by atoms with Crippen molar-refractivity contribution in [1.82, 2.24) is 63.4 Å². The minimum Gasteiger partial charge on any atom is -0.378 e. The summed E-state index contributed by atoms with van der Waals surface area (Å²) in [5, 5.41) is 39.3. The molecule has 35 fully saturated rings. The van der Waals surface area contributed by atoms with Gasteiger partial charge in [0.05, 0.1) is 42.7 Å². The molecule has 0 aromatic rings. The Morgan fingerprint density at radius 2 is 0.590 bits per heavy atom. The lowest BCUT2D eigenvalue weighted by molar-refractivity contribution is 0.00574. The maximum absolute atomic E-state index is 5.60. The Balaban J connectivity index is 0.0000000925. The molecule has 17 heteroatoms. The van der Waals surface area contributed by atoms with Gasteiger partial charge >= 0.3 is 0 Å². The summed E-state index contributed by atoms with van der Waals surface area (Å²) in [4.78, 5) is 2.59. The normalized spacial score (nSPS) is 45.9. The van der Waals surface area contributed by atoms with E-state index in [0.29, 0.717) is 54.8 Å². The molecule has 122 heavy (non-hydrogen) atoms. The van der Waals surface area contributed by atoms with E-state index in [2.05, 4.69) is 87.3 Å². The van der Waals surface area contributed by atoms with Crippen LogP contribution in [0.3, 0.4) is 0 Å². The molecule has 0 amide bonds. The molecule has 0 spiro atoms. The standard InChI is InChI=1S/6C7H13N.C7H12O.C7H12S.C7H12.C6H10N2.C6H11NO.3C6H11N.2C6H10O/c2*1-3-7-4-2-6(1)5-8-7;1-2-7-3-5-8(4-1)6-7;1-2-6-4-7(3-1)8-5-6;3*1-2-6-4-5-7(3-1)8-6;1-3-7-4-2-6(1)5-8-7;1-2-6-4-7(3-1)5-6;2*1-2-6-4-7-3-5(1)8-6;2*1-2-6-3-5(1)4-7-6;1-2-6-4-3-5(1)7-6;1-2-6-3-5(1)4-7-6;1-2-6-4-3-5(1)7-6/h2*6-8H,1-5H2;7H,1-6H2;3*6-8H,1-5H2;2*6-7H,1-5H2;6-7H,1-5H2;1-2,5-8H,3-4H2;5-7H,1-4H2;3*5-7H,1-4H2;2*5-6H,1-4H2. The Morgan fingerprint density at radius 1 is 0.230 bits per heavy atom. The van der Waals surface area contributed by atoms with Gasteiger partial charge in [0.15, 0.2) is 0 Å². The third-order valence-corrected chi connectivity index (χ3v) is 38.1. The van der Waals surface area contributed by atoms with Crippen LogP contribution in [-0.4, -0.2) is 222 Å². The maximum Gasteiger partial charge on any atom is 0.0704 e. The Kier molecular flexibility index (Phi) is 38.2. The van der Waals surface area contributed by atoms with Crippen LogP contribution >= 0.6 is 11.8 Å². The molecule has 26 heterocycles. The zero-order chi connectivity index (χ0) is 82.1. The minimum atomic E-state index is 0.550. The topological polar surface area (TPSA) is 172 Å². The van der Waals surface area contributed by atoms with Gasteiger partial charge < -0.3 is 82.3 Å². The van der Waals surface area contributed by atoms with Crippen LogP contribution in [0.5, 0.6) is 0 Å². The summed E-state index contributed by atoms with van der Waals surface area (Å²) in [6.45, 7) is 16.2. The number of piperazine rings is 1. The second-order valence-electron chi connectivity index (χ2n) is 46.1. The fourth-order valence-electron chi connectivity index (χ4n) is 28.5. The van der Waals surface area contributed by atoms with Crippen molar-refractivity contribution in [2.75, 3.05) is 90.9 Å². The average molecular weight is 1710 g/mol. The van der Waals surface area contributed by atoms with Crippen LogP contribution in [0.25, 0.3) is 0 Å². The zero-order valence-corrected chi connectivity index (χ0v) is 78.8. The zero-order valence-electron chi connectivity index (χ0n) is 78.0. The molecule has 0 aromatic carbocycles. The Bertz CT molecular complexity index is 2220. The number of hydrogen-bond acceptors (Lipinski definition) is 17. The minimum absolute atomic E-state index is 0.550. The van der Waals surface area contributed by atoms with Crippen LogP contribution < -0.4 is 58.5 Å². The first-order valence-electron chi connectivity index (χ1n) is 54.9. The molecule has 36 aliphatic rings. The SMILES string of the molecule is C1=CC2CNCC1N2.C1CC2CC(C1)C2.C1CC2CC1CN2.C1CC2CC1CN2.C1CC2CC1CO2.C1CC2CCC(C1)N2.C1CC2CCC(C1)N2.C1CC2CCC(C1)O2.C1CC2CCC1CN2.C1CC2CCC1CN2.C1CC2CCC1CS2.C1CC2CCC1N2.C1CC2CCC1O2.C1CC2CCN(C1)C2.C1CC2CNC(C1)C2.C1CC2CNCC1O2. The van der Waals surface area contributed by atoms with Gasteiger partial charge in [-0.15, -0.1) is 0 Å². The Hall–Kier alpha value is -0.550. The van der Waals surface area contributed by atoms with Gasteiger partial charge in [-0.05, 0) is 445 Å². The summed E-state index contributed by atoms with van der Waals surface area (Å²) in [5.74, 6) is 12.2. The summed E-state index contributed by atoms with van der Waals surface area (Å²) >= 11 is 2.21. The summed E-state index contributed by atoms with van der Waals surface area (Å²) in [6.07, 6.45) is 92.9. The van der Waals surface area contributed by atoms with E-state index in [-0.39, 0.29) is 0 Å². The number of fused-ring (bicyclic) bond motifs is 35. The number of nitrogens with zero attached hydrogens (tertiary/aromatic N) is 1. The first-order chi connectivity index (χ1) is 60.2. The quantitative estimate of drug-likeness (QED) is 0.103. The molecule has 16 nitrogen and oxygen atoms in total. The number of hydrogen-bond donors (Lipinski definition) is 11. The number of thioether (sulfide) groups is 1. The summed E-state index contributed by atoms with van der Waals surface area (Å²) in [6, 6.07) is 11.3. The van der Waals surface area contributed by atoms with Crippen molar-refractivity contribution < 1.29 is 18.9 Å². The highest BCUT2D eigenvalue weighted by molar-refractivity contribution is 8.00. The Labute approximate surface area is 750 Å². The first-order valence-corrected chi connectivity index (χ1v) is 56.0. The van der Waals surface area contributed by atoms with E-state index >= 15 is 0 Å². The first kappa shape index (κ1) is 93.3. The fraction of sp³-hybridized carbons (Fsp3) is 0.981. The van der Waals surface area contributed by atoms with Crippen LogP contribution in [-0.2, 0) is 18.9 Å². The van der Waals surface area contributed by atoms with Crippen LogP contribution in [0.4, 0.5) is 0 Å². The highest BCUT2D eigenvalue weighted by atomic mass is 32.2. The summed E-state index contributed by atoms with van der Waals surface area (Å²) in [5.41, 5.74) is 0. The van der Waals surface area contributed by atoms with Gasteiger partial charge in [-0.1, -0.05) is 50.7 Å². The number of rotatable bonds is 0. The monoisotopic (exact) mass is 1710 g/mol. The molecule has 11 N–H and O–H groups in total. The van der Waals surface area contributed by atoms with Gasteiger partial charge in [0.2, 0.25) is 0 Å². The summed E-state index contributed by atoms with van der Waals surface area (Å²) < 4.78 is 22.0. The Morgan fingerprint density at radius 3 is 0.861 bits per heavy atom. The molecular formula is C105H188N12O4S. The van der Waals surface area contributed by atoms with Crippen molar-refractivity contribution in [2.24, 2.45) is 59.2 Å². The van der Waals surface area contributed by atoms with E-state index in [9.17, 15) is 0 Å². The van der Waals surface area contributed by atoms with E-state index in [0.717, 1.165) is 152 Å². The lowest BCUT2D eigenvalue weighted by Gasteiger charge is -2.40. The van der Waals surface area contributed by atoms with Crippen molar-refractivity contribution in [3.8, 4) is 0 Å². The largest absolute Gasteiger partial charge is 0.378 e. The van der Waals surface area contributed by atoms with Crippen LogP contribution in [0.2, 0.25) is 0 Å². The second-order valence-corrected chi connectivity index (χ2v) is 47.4. The lowest BCUT2D eigenvalue weighted by atomic mass is 9.65. The highest BCUT2D eigenvalue weighted by Gasteiger charge is 2.39. The average Bonchev–Trinajstić information content (AvgIpc) is 1.79. The fourth-order valence-corrected chi connectivity index (χ4v) is 30.0. The lowest BCUT2D eigenvalue weighted by Crippen LogP contribution is -2.49. The smallest absolute Gasteiger partial charge is 0.0704 e. The van der Waals surface area contributed by atoms with Gasteiger partial charge in [0, 0.05) is 123 Å². The second kappa shape index (κ2) is 50.0. The molecule has 0 radical (unpaired) electrons. The van der Waals surface area contributed by atoms with Crippen LogP contribution in [0.1, 0.15) is 372 Å². The predicted octanol–water partition coefficient (Wildman–Crippen LogP) is 17.9. The highest BCUT2D eigenvalue weighted by Crippen LogP contribution is 2.46. The molecule has 20 atom stereocenters. The van der Waals surface area contributed by atoms with E-state index in [4.69, 9.17) is 18.9 Å². The third kappa shape index (κ3) is 30.8. The number of morpholine rings is 1. The van der Waals surface area contributed by atoms with Gasteiger partial charge in [-0.3, -0.25) is 0 Å². The van der Waals surface area contributed by atoms with Crippen molar-refractivity contribution in [3.05, 3.63) is 12.2 Å². The van der Waals surface area contributed by atoms with E-state index < -0.39 is 0 Å². The van der Waals surface area contributed by atoms with Gasteiger partial charge in [-0.2, -0.15) is 11.8 Å². The molecule has 10 aliphatic carbocycles.